The fourth-order valence-corrected chi connectivity index (χ4v) is 1.50. The van der Waals surface area contributed by atoms with Crippen molar-refractivity contribution in [3.05, 3.63) is 17.5 Å². The van der Waals surface area contributed by atoms with E-state index >= 15 is 0 Å². The topological polar surface area (TPSA) is 39.1 Å². The van der Waals surface area contributed by atoms with Crippen LogP contribution >= 0.6 is 0 Å². The number of ether oxygens (including phenoxy) is 1. The average molecular weight is 181 g/mol. The molecule has 1 N–H and O–H groups in total. The van der Waals surface area contributed by atoms with E-state index in [0.717, 1.165) is 25.4 Å². The van der Waals surface area contributed by atoms with E-state index in [2.05, 4.69) is 16.5 Å². The van der Waals surface area contributed by atoms with Crippen LogP contribution in [0.4, 0.5) is 0 Å². The third-order valence-corrected chi connectivity index (χ3v) is 2.39. The molecule has 72 valence electrons. The lowest BCUT2D eigenvalue weighted by Crippen LogP contribution is -2.33. The summed E-state index contributed by atoms with van der Waals surface area (Å²) in [6, 6.07) is 2.08. The van der Waals surface area contributed by atoms with Gasteiger partial charge >= 0.3 is 0 Å². The molecule has 1 unspecified atom stereocenters. The maximum absolute atomic E-state index is 5.59. The van der Waals surface area contributed by atoms with Crippen molar-refractivity contribution in [3.63, 3.8) is 0 Å². The molecule has 0 spiro atoms. The molecule has 0 saturated carbocycles. The van der Waals surface area contributed by atoms with Crippen LogP contribution < -0.4 is 5.32 Å². The standard InChI is InChI=1S/C9H15N3O/c1-7-5-8(11-12(7)2)9-6-10-3-4-13-9/h5,9-10H,3-4,6H2,1-2H3. The van der Waals surface area contributed by atoms with Crippen LogP contribution in [0.15, 0.2) is 6.07 Å². The summed E-state index contributed by atoms with van der Waals surface area (Å²) >= 11 is 0. The van der Waals surface area contributed by atoms with Crippen LogP contribution in [0.1, 0.15) is 17.5 Å². The van der Waals surface area contributed by atoms with Gasteiger partial charge in [-0.15, -0.1) is 0 Å². The predicted octanol–water partition coefficient (Wildman–Crippen LogP) is 0.389. The summed E-state index contributed by atoms with van der Waals surface area (Å²) in [6.45, 7) is 4.64. The number of hydrogen-bond donors (Lipinski definition) is 1. The lowest BCUT2D eigenvalue weighted by atomic mass is 10.2. The van der Waals surface area contributed by atoms with Crippen LogP contribution in [0, 0.1) is 6.92 Å². The summed E-state index contributed by atoms with van der Waals surface area (Å²) in [7, 11) is 1.95. The first kappa shape index (κ1) is 8.72. The molecule has 1 saturated heterocycles. The maximum atomic E-state index is 5.59. The highest BCUT2D eigenvalue weighted by Crippen LogP contribution is 2.17. The molecule has 1 aromatic heterocycles. The smallest absolute Gasteiger partial charge is 0.114 e. The summed E-state index contributed by atoms with van der Waals surface area (Å²) in [5.41, 5.74) is 2.20. The third kappa shape index (κ3) is 1.73. The third-order valence-electron chi connectivity index (χ3n) is 2.39. The van der Waals surface area contributed by atoms with Gasteiger partial charge in [-0.25, -0.2) is 0 Å². The molecule has 13 heavy (non-hydrogen) atoms. The fourth-order valence-electron chi connectivity index (χ4n) is 1.50. The Morgan fingerprint density at radius 3 is 3.08 bits per heavy atom. The zero-order valence-corrected chi connectivity index (χ0v) is 8.08. The van der Waals surface area contributed by atoms with Gasteiger partial charge in [-0.05, 0) is 13.0 Å². The van der Waals surface area contributed by atoms with Crippen molar-refractivity contribution in [1.82, 2.24) is 15.1 Å². The minimum Gasteiger partial charge on any atom is -0.369 e. The van der Waals surface area contributed by atoms with Gasteiger partial charge in [-0.3, -0.25) is 4.68 Å². The van der Waals surface area contributed by atoms with Gasteiger partial charge < -0.3 is 10.1 Å². The number of nitrogens with one attached hydrogen (secondary N) is 1. The van der Waals surface area contributed by atoms with Crippen LogP contribution in [-0.4, -0.2) is 29.5 Å². The summed E-state index contributed by atoms with van der Waals surface area (Å²) in [6.07, 6.45) is 0.133. The Bertz CT molecular complexity index is 270. The van der Waals surface area contributed by atoms with Crippen molar-refractivity contribution in [2.24, 2.45) is 7.05 Å². The zero-order chi connectivity index (χ0) is 9.26. The van der Waals surface area contributed by atoms with Crippen LogP contribution in [0.25, 0.3) is 0 Å². The van der Waals surface area contributed by atoms with Crippen molar-refractivity contribution in [2.45, 2.75) is 13.0 Å². The Hall–Kier alpha value is -0.870. The second-order valence-electron chi connectivity index (χ2n) is 3.40. The van der Waals surface area contributed by atoms with Gasteiger partial charge in [0, 0.05) is 25.8 Å². The quantitative estimate of drug-likeness (QED) is 0.681. The molecule has 0 bridgehead atoms. The van der Waals surface area contributed by atoms with Gasteiger partial charge in [0.2, 0.25) is 0 Å². The van der Waals surface area contributed by atoms with Crippen molar-refractivity contribution in [1.29, 1.82) is 0 Å². The number of nitrogens with zero attached hydrogens (tertiary/aromatic N) is 2. The highest BCUT2D eigenvalue weighted by molar-refractivity contribution is 5.12. The molecule has 0 aromatic carbocycles. The van der Waals surface area contributed by atoms with Gasteiger partial charge in [0.1, 0.15) is 6.10 Å². The molecular formula is C9H15N3O. The SMILES string of the molecule is Cc1cc(C2CNCCO2)nn1C. The van der Waals surface area contributed by atoms with Crippen molar-refractivity contribution in [3.8, 4) is 0 Å². The van der Waals surface area contributed by atoms with Gasteiger partial charge in [-0.1, -0.05) is 0 Å². The molecule has 0 amide bonds. The summed E-state index contributed by atoms with van der Waals surface area (Å²) in [4.78, 5) is 0. The van der Waals surface area contributed by atoms with E-state index in [1.54, 1.807) is 0 Å². The monoisotopic (exact) mass is 181 g/mol. The van der Waals surface area contributed by atoms with Crippen molar-refractivity contribution >= 4 is 0 Å². The average Bonchev–Trinajstić information content (AvgIpc) is 2.49. The lowest BCUT2D eigenvalue weighted by molar-refractivity contribution is 0.0247. The van der Waals surface area contributed by atoms with Crippen molar-refractivity contribution < 1.29 is 4.74 Å². The Balaban J connectivity index is 2.14. The minimum absolute atomic E-state index is 0.133. The summed E-state index contributed by atoms with van der Waals surface area (Å²) in [5.74, 6) is 0. The predicted molar refractivity (Wildman–Crippen MR) is 49.5 cm³/mol. The molecule has 4 heteroatoms. The summed E-state index contributed by atoms with van der Waals surface area (Å²) in [5, 5.41) is 7.67. The Morgan fingerprint density at radius 2 is 2.54 bits per heavy atom. The Labute approximate surface area is 77.9 Å². The second-order valence-corrected chi connectivity index (χ2v) is 3.40. The molecule has 0 radical (unpaired) electrons. The van der Waals surface area contributed by atoms with Crippen LogP contribution in [0.5, 0.6) is 0 Å². The number of morpholine rings is 1. The molecule has 1 aliphatic rings. The number of hydrogen-bond acceptors (Lipinski definition) is 3. The van der Waals surface area contributed by atoms with Gasteiger partial charge in [0.05, 0.1) is 12.3 Å². The number of rotatable bonds is 1. The molecule has 2 heterocycles. The van der Waals surface area contributed by atoms with Crippen LogP contribution in [-0.2, 0) is 11.8 Å². The molecule has 1 fully saturated rings. The van der Waals surface area contributed by atoms with Crippen LogP contribution in [0.2, 0.25) is 0 Å². The highest BCUT2D eigenvalue weighted by Gasteiger charge is 2.18. The lowest BCUT2D eigenvalue weighted by Gasteiger charge is -2.21. The van der Waals surface area contributed by atoms with E-state index in [0.29, 0.717) is 0 Å². The molecule has 4 nitrogen and oxygen atoms in total. The number of aromatic nitrogens is 2. The van der Waals surface area contributed by atoms with E-state index < -0.39 is 0 Å². The van der Waals surface area contributed by atoms with E-state index in [9.17, 15) is 0 Å². The maximum Gasteiger partial charge on any atom is 0.114 e. The van der Waals surface area contributed by atoms with Crippen molar-refractivity contribution in [2.75, 3.05) is 19.7 Å². The minimum atomic E-state index is 0.133. The first-order valence-corrected chi connectivity index (χ1v) is 4.60. The molecule has 1 aliphatic heterocycles. The molecule has 2 rings (SSSR count). The largest absolute Gasteiger partial charge is 0.369 e. The van der Waals surface area contributed by atoms with E-state index in [1.807, 2.05) is 18.7 Å². The van der Waals surface area contributed by atoms with Gasteiger partial charge in [0.25, 0.3) is 0 Å². The Morgan fingerprint density at radius 1 is 1.69 bits per heavy atom. The first-order valence-electron chi connectivity index (χ1n) is 4.60. The Kier molecular flexibility index (Phi) is 2.33. The van der Waals surface area contributed by atoms with E-state index in [4.69, 9.17) is 4.74 Å². The second kappa shape index (κ2) is 3.47. The first-order chi connectivity index (χ1) is 6.27. The van der Waals surface area contributed by atoms with E-state index in [1.165, 1.54) is 5.69 Å². The van der Waals surface area contributed by atoms with E-state index in [-0.39, 0.29) is 6.10 Å². The normalized spacial score (nSPS) is 23.4. The fraction of sp³-hybridized carbons (Fsp3) is 0.667. The summed E-state index contributed by atoms with van der Waals surface area (Å²) < 4.78 is 7.48. The molecule has 0 aliphatic carbocycles. The van der Waals surface area contributed by atoms with Gasteiger partial charge in [0.15, 0.2) is 0 Å². The van der Waals surface area contributed by atoms with Crippen LogP contribution in [0.3, 0.4) is 0 Å². The molecule has 1 atom stereocenters. The zero-order valence-electron chi connectivity index (χ0n) is 8.08. The molecule has 1 aromatic rings. The van der Waals surface area contributed by atoms with Gasteiger partial charge in [-0.2, -0.15) is 5.10 Å². The number of aryl methyl sites for hydroxylation is 2. The molecular weight excluding hydrogens is 166 g/mol. The highest BCUT2D eigenvalue weighted by atomic mass is 16.5.